The van der Waals surface area contributed by atoms with Gasteiger partial charge in [0.15, 0.2) is 5.65 Å². The minimum absolute atomic E-state index is 0.213. The maximum absolute atomic E-state index is 13.1. The van der Waals surface area contributed by atoms with Gasteiger partial charge in [-0.1, -0.05) is 39.2 Å². The molecule has 1 amide bonds. The van der Waals surface area contributed by atoms with Crippen LogP contribution in [0.15, 0.2) is 30.5 Å². The molecule has 1 saturated carbocycles. The summed E-state index contributed by atoms with van der Waals surface area (Å²) in [7, 11) is 0. The van der Waals surface area contributed by atoms with Crippen LogP contribution in [-0.4, -0.2) is 63.8 Å². The van der Waals surface area contributed by atoms with Crippen LogP contribution in [0.5, 0.6) is 0 Å². The quantitative estimate of drug-likeness (QED) is 0.351. The number of benzene rings is 1. The Labute approximate surface area is 208 Å². The number of fused-ring (bicyclic) bond motifs is 2. The normalized spacial score (nSPS) is 16.0. The van der Waals surface area contributed by atoms with Crippen LogP contribution in [0.1, 0.15) is 73.1 Å². The van der Waals surface area contributed by atoms with E-state index in [2.05, 4.69) is 33.4 Å². The summed E-state index contributed by atoms with van der Waals surface area (Å²) < 4.78 is 4.02. The standard InChI is InChI=1S/C23H26N4O.C2H6.CH3.Tl/c1-15-12-21(25-27-14-16(2)24-22(15)27)18-8-9-20-17(13-18)10-11-26(23(20)28)19-6-4-3-5-7-19;1-2;;/h8-9,12-14,19H,3-7,10-11H2,1-2H3;1-2H3;1H3;. The molecule has 3 aromatic rings. The topological polar surface area (TPSA) is 50.5 Å². The molecule has 1 fully saturated rings. The van der Waals surface area contributed by atoms with Crippen LogP contribution in [0.25, 0.3) is 16.9 Å². The Hall–Kier alpha value is -1.77. The Morgan fingerprint density at radius 1 is 1.03 bits per heavy atom. The molecule has 1 aromatic carbocycles. The molecule has 168 valence electrons. The third-order valence-electron chi connectivity index (χ3n) is 6.26. The number of aromatic nitrogens is 3. The molecule has 2 aliphatic rings. The number of imidazole rings is 1. The van der Waals surface area contributed by atoms with E-state index in [4.69, 9.17) is 5.10 Å². The summed E-state index contributed by atoms with van der Waals surface area (Å²) in [6.07, 6.45) is 9.01. The predicted octanol–water partition coefficient (Wildman–Crippen LogP) is 5.57. The molecule has 2 aromatic heterocycles. The zero-order chi connectivity index (χ0) is 23.3. The van der Waals surface area contributed by atoms with Gasteiger partial charge in [0.1, 0.15) is 0 Å². The van der Waals surface area contributed by atoms with Crippen molar-refractivity contribution in [3.05, 3.63) is 52.8 Å². The third-order valence-corrected chi connectivity index (χ3v) is 6.26. The Kier molecular flexibility index (Phi) is 8.85. The molecule has 0 saturated heterocycles. The zero-order valence-corrected chi connectivity index (χ0v) is 24.7. The number of rotatable bonds is 2. The molecule has 1 aliphatic carbocycles. The zero-order valence-electron chi connectivity index (χ0n) is 20.2. The molecule has 0 radical (unpaired) electrons. The van der Waals surface area contributed by atoms with E-state index in [0.717, 1.165) is 65.1 Å². The van der Waals surface area contributed by atoms with Gasteiger partial charge in [-0.05, 0) is 62.4 Å². The Balaban J connectivity index is 0.000000686. The van der Waals surface area contributed by atoms with Crippen molar-refractivity contribution >= 4 is 37.3 Å². The second-order valence-corrected chi connectivity index (χ2v) is 8.28. The van der Waals surface area contributed by atoms with Crippen molar-refractivity contribution in [1.29, 1.82) is 0 Å². The molecule has 0 spiro atoms. The van der Waals surface area contributed by atoms with Crippen molar-refractivity contribution in [2.75, 3.05) is 6.54 Å². The maximum atomic E-state index is 13.1. The Morgan fingerprint density at radius 2 is 1.75 bits per heavy atom. The van der Waals surface area contributed by atoms with E-state index in [1.165, 1.54) is 45.0 Å². The first-order valence-electron chi connectivity index (χ1n) is 12.0. The summed E-state index contributed by atoms with van der Waals surface area (Å²) in [5.41, 5.74) is 6.98. The molecule has 32 heavy (non-hydrogen) atoms. The number of aryl methyl sites for hydroxylation is 2. The molecular formula is C26H35N4OTl. The van der Waals surface area contributed by atoms with Gasteiger partial charge in [0.25, 0.3) is 5.91 Å². The van der Waals surface area contributed by atoms with E-state index < -0.39 is 0 Å². The molecule has 0 N–H and O–H groups in total. The number of carbonyl (C=O) groups excluding carboxylic acids is 1. The van der Waals surface area contributed by atoms with Gasteiger partial charge in [-0.2, -0.15) is 5.10 Å². The molecule has 0 unspecified atom stereocenters. The fourth-order valence-corrected chi connectivity index (χ4v) is 4.79. The third kappa shape index (κ3) is 5.07. The van der Waals surface area contributed by atoms with Crippen LogP contribution in [-0.2, 0) is 6.42 Å². The van der Waals surface area contributed by atoms with Crippen molar-refractivity contribution in [3.8, 4) is 11.3 Å². The summed E-state index contributed by atoms with van der Waals surface area (Å²) in [5, 5.41) is 4.74. The predicted molar refractivity (Wildman–Crippen MR) is 132 cm³/mol. The van der Waals surface area contributed by atoms with Gasteiger partial charge < -0.3 is 4.90 Å². The van der Waals surface area contributed by atoms with E-state index in [0.29, 0.717) is 6.04 Å². The Bertz CT molecular complexity index is 1070. The second-order valence-electron chi connectivity index (χ2n) is 8.28. The van der Waals surface area contributed by atoms with Crippen LogP contribution in [0.3, 0.4) is 0 Å². The van der Waals surface area contributed by atoms with Crippen LogP contribution in [0.4, 0.5) is 0 Å². The van der Waals surface area contributed by atoms with Crippen LogP contribution in [0, 0.1) is 13.8 Å². The molecule has 1 aliphatic heterocycles. The summed E-state index contributed by atoms with van der Waals surface area (Å²) in [5.74, 6) is 0.213. The van der Waals surface area contributed by atoms with Crippen LogP contribution in [0.2, 0.25) is 4.48 Å². The monoisotopic (exact) mass is 624 g/mol. The van der Waals surface area contributed by atoms with E-state index >= 15 is 0 Å². The molecule has 0 bridgehead atoms. The minimum atomic E-state index is 0.213. The molecule has 5 nitrogen and oxygen atoms in total. The molecular weight excluding hydrogens is 589 g/mol. The number of hydrogen-bond acceptors (Lipinski definition) is 3. The second kappa shape index (κ2) is 11.4. The SMILES string of the molecule is CC.Cc1cn2nc(-c3ccc4c(c3)CCN(C3CCCCC3)C4=O)cc(C)c2n1.[CH3][Tl]. The average Bonchev–Trinajstić information content (AvgIpc) is 3.23. The summed E-state index contributed by atoms with van der Waals surface area (Å²) in [4.78, 5) is 19.8. The van der Waals surface area contributed by atoms with Gasteiger partial charge in [0.05, 0.1) is 17.6 Å². The van der Waals surface area contributed by atoms with Crippen molar-refractivity contribution in [2.45, 2.75) is 76.7 Å². The number of amides is 1. The number of carbonyl (C=O) groups is 1. The summed E-state index contributed by atoms with van der Waals surface area (Å²) >= 11 is 1.17. The van der Waals surface area contributed by atoms with Gasteiger partial charge in [0, 0.05) is 23.7 Å². The first-order valence-corrected chi connectivity index (χ1v) is 16.4. The number of hydrogen-bond donors (Lipinski definition) is 0. The van der Waals surface area contributed by atoms with Gasteiger partial charge >= 0.3 is 30.3 Å². The number of nitrogens with zero attached hydrogens (tertiary/aromatic N) is 4. The van der Waals surface area contributed by atoms with Gasteiger partial charge in [-0.25, -0.2) is 9.50 Å². The summed E-state index contributed by atoms with van der Waals surface area (Å²) in [6, 6.07) is 8.72. The fourth-order valence-electron chi connectivity index (χ4n) is 4.79. The molecule has 6 heteroatoms. The molecule has 5 rings (SSSR count). The first-order chi connectivity index (χ1) is 15.6. The van der Waals surface area contributed by atoms with Crippen LogP contribution >= 0.6 is 0 Å². The van der Waals surface area contributed by atoms with E-state index in [9.17, 15) is 4.79 Å². The van der Waals surface area contributed by atoms with Crippen molar-refractivity contribution < 1.29 is 4.79 Å². The summed E-state index contributed by atoms with van der Waals surface area (Å²) in [6.45, 7) is 8.89. The van der Waals surface area contributed by atoms with Crippen LogP contribution < -0.4 is 0 Å². The van der Waals surface area contributed by atoms with E-state index in [-0.39, 0.29) is 5.91 Å². The van der Waals surface area contributed by atoms with E-state index in [1.807, 2.05) is 43.6 Å². The molecule has 3 heterocycles. The van der Waals surface area contributed by atoms with E-state index in [1.54, 1.807) is 0 Å². The fraction of sp³-hybridized carbons (Fsp3) is 0.500. The van der Waals surface area contributed by atoms with Gasteiger partial charge in [-0.15, -0.1) is 0 Å². The van der Waals surface area contributed by atoms with Gasteiger partial charge in [-0.3, -0.25) is 4.79 Å². The van der Waals surface area contributed by atoms with Crippen molar-refractivity contribution in [2.24, 2.45) is 0 Å². The van der Waals surface area contributed by atoms with Gasteiger partial charge in [0.2, 0.25) is 0 Å². The van der Waals surface area contributed by atoms with Crippen molar-refractivity contribution in [1.82, 2.24) is 19.5 Å². The molecule has 0 atom stereocenters. The average molecular weight is 624 g/mol. The first kappa shape index (κ1) is 24.9. The Morgan fingerprint density at radius 3 is 2.47 bits per heavy atom. The van der Waals surface area contributed by atoms with Crippen molar-refractivity contribution in [3.63, 3.8) is 0 Å².